The molecule has 0 fully saturated rings. The lowest BCUT2D eigenvalue weighted by molar-refractivity contribution is 1.70. The second-order valence-corrected chi connectivity index (χ2v) is 5.86. The van der Waals surface area contributed by atoms with Crippen molar-refractivity contribution in [3.05, 3.63) is 72.8 Å². The molecule has 0 saturated carbocycles. The molecule has 0 N–H and O–H groups in total. The summed E-state index contributed by atoms with van der Waals surface area (Å²) in [6, 6.07) is 17.0. The normalized spacial score (nSPS) is 9.88. The summed E-state index contributed by atoms with van der Waals surface area (Å²) in [6.07, 6.45) is 3.89. The topological polar surface area (TPSA) is 0 Å². The number of hydrogen-bond acceptors (Lipinski definition) is 0. The first-order valence-electron chi connectivity index (χ1n) is 5.76. The van der Waals surface area contributed by atoms with Crippen LogP contribution in [0.25, 0.3) is 12.2 Å². The smallest absolute Gasteiger partial charge is 0.0890 e. The number of benzene rings is 2. The van der Waals surface area contributed by atoms with Crippen LogP contribution in [0.4, 0.5) is 0 Å². The molecular formula is C16H16Si. The van der Waals surface area contributed by atoms with Crippen molar-refractivity contribution in [3.63, 3.8) is 0 Å². The van der Waals surface area contributed by atoms with Crippen molar-refractivity contribution in [2.75, 3.05) is 0 Å². The van der Waals surface area contributed by atoms with Crippen molar-refractivity contribution in [2.24, 2.45) is 0 Å². The molecule has 1 heteroatoms. The van der Waals surface area contributed by atoms with E-state index < -0.39 is 9.52 Å². The Labute approximate surface area is 105 Å². The lowest BCUT2D eigenvalue weighted by atomic mass is 10.2. The molecule has 84 valence electrons. The van der Waals surface area contributed by atoms with E-state index in [1.54, 1.807) is 0 Å². The summed E-state index contributed by atoms with van der Waals surface area (Å²) in [4.78, 5) is 0. The zero-order valence-corrected chi connectivity index (χ0v) is 11.3. The Bertz CT molecular complexity index is 491. The molecule has 0 heterocycles. The van der Waals surface area contributed by atoms with Gasteiger partial charge in [-0.25, -0.2) is 0 Å². The maximum atomic E-state index is 3.88. The molecule has 0 aliphatic rings. The van der Waals surface area contributed by atoms with E-state index in [-0.39, 0.29) is 0 Å². The van der Waals surface area contributed by atoms with Gasteiger partial charge in [-0.05, 0) is 11.1 Å². The summed E-state index contributed by atoms with van der Waals surface area (Å²) in [5, 5.41) is 2.88. The summed E-state index contributed by atoms with van der Waals surface area (Å²) in [7, 11) is -0.456. The summed E-state index contributed by atoms with van der Waals surface area (Å²) < 4.78 is 0. The summed E-state index contributed by atoms with van der Waals surface area (Å²) in [6.45, 7) is 7.76. The molecule has 2 aromatic rings. The fraction of sp³-hybridized carbons (Fsp3) is 0. The van der Waals surface area contributed by atoms with Crippen LogP contribution in [-0.4, -0.2) is 9.52 Å². The molecule has 0 saturated heterocycles. The highest BCUT2D eigenvalue weighted by molar-refractivity contribution is 6.68. The quantitative estimate of drug-likeness (QED) is 0.713. The highest BCUT2D eigenvalue weighted by Gasteiger charge is 2.03. The van der Waals surface area contributed by atoms with E-state index in [1.165, 1.54) is 21.5 Å². The van der Waals surface area contributed by atoms with Gasteiger partial charge in [-0.2, -0.15) is 0 Å². The van der Waals surface area contributed by atoms with E-state index in [0.717, 1.165) is 0 Å². The number of hydrogen-bond donors (Lipinski definition) is 0. The third-order valence-electron chi connectivity index (χ3n) is 2.93. The van der Waals surface area contributed by atoms with Crippen molar-refractivity contribution in [1.29, 1.82) is 0 Å². The van der Waals surface area contributed by atoms with E-state index in [1.807, 2.05) is 12.2 Å². The van der Waals surface area contributed by atoms with Crippen LogP contribution in [0.1, 0.15) is 11.1 Å². The highest BCUT2D eigenvalue weighted by atomic mass is 28.2. The molecule has 0 atom stereocenters. The van der Waals surface area contributed by atoms with Crippen LogP contribution in [0.2, 0.25) is 0 Å². The van der Waals surface area contributed by atoms with Crippen molar-refractivity contribution < 1.29 is 0 Å². The fourth-order valence-electron chi connectivity index (χ4n) is 1.99. The number of rotatable bonds is 4. The average Bonchev–Trinajstić information content (AvgIpc) is 2.40. The standard InChI is InChI=1S/C16H16Si/c1-3-13-9-5-7-11-15(13)17-16-12-8-6-10-14(16)4-2/h3-12H,1-2,17H2. The Balaban J connectivity index is 2.37. The molecule has 0 aliphatic carbocycles. The van der Waals surface area contributed by atoms with Gasteiger partial charge in [-0.3, -0.25) is 0 Å². The van der Waals surface area contributed by atoms with E-state index in [4.69, 9.17) is 0 Å². The van der Waals surface area contributed by atoms with E-state index in [2.05, 4.69) is 61.7 Å². The van der Waals surface area contributed by atoms with Crippen molar-refractivity contribution in [3.8, 4) is 0 Å². The molecule has 0 aliphatic heterocycles. The molecular weight excluding hydrogens is 220 g/mol. The van der Waals surface area contributed by atoms with E-state index in [9.17, 15) is 0 Å². The third-order valence-corrected chi connectivity index (χ3v) is 4.98. The molecule has 0 amide bonds. The summed E-state index contributed by atoms with van der Waals surface area (Å²) >= 11 is 0. The van der Waals surface area contributed by atoms with Gasteiger partial charge in [0, 0.05) is 0 Å². The van der Waals surface area contributed by atoms with Crippen molar-refractivity contribution in [1.82, 2.24) is 0 Å². The third kappa shape index (κ3) is 2.63. The fourth-order valence-corrected chi connectivity index (χ4v) is 3.84. The second kappa shape index (κ2) is 5.46. The first kappa shape index (κ1) is 11.6. The maximum Gasteiger partial charge on any atom is 0.0890 e. The van der Waals surface area contributed by atoms with Crippen LogP contribution in [0.5, 0.6) is 0 Å². The van der Waals surface area contributed by atoms with Crippen LogP contribution >= 0.6 is 0 Å². The van der Waals surface area contributed by atoms with Gasteiger partial charge in [0.2, 0.25) is 0 Å². The lowest BCUT2D eigenvalue weighted by Crippen LogP contribution is -2.30. The van der Waals surface area contributed by atoms with Gasteiger partial charge >= 0.3 is 0 Å². The Hall–Kier alpha value is -1.86. The molecule has 17 heavy (non-hydrogen) atoms. The molecule has 2 aromatic carbocycles. The Kier molecular flexibility index (Phi) is 3.73. The summed E-state index contributed by atoms with van der Waals surface area (Å²) in [5.74, 6) is 0. The first-order chi connectivity index (χ1) is 8.35. The summed E-state index contributed by atoms with van der Waals surface area (Å²) in [5.41, 5.74) is 2.52. The van der Waals surface area contributed by atoms with Gasteiger partial charge in [0.05, 0.1) is 9.52 Å². The minimum atomic E-state index is -0.456. The largest absolute Gasteiger partial charge is 0.0985 e. The minimum absolute atomic E-state index is 0.456. The molecule has 2 rings (SSSR count). The Morgan fingerprint density at radius 1 is 0.706 bits per heavy atom. The van der Waals surface area contributed by atoms with Crippen LogP contribution in [0, 0.1) is 0 Å². The predicted molar refractivity (Wildman–Crippen MR) is 80.9 cm³/mol. The van der Waals surface area contributed by atoms with E-state index in [0.29, 0.717) is 0 Å². The van der Waals surface area contributed by atoms with Crippen LogP contribution in [0.15, 0.2) is 61.7 Å². The van der Waals surface area contributed by atoms with Crippen LogP contribution in [0.3, 0.4) is 0 Å². The van der Waals surface area contributed by atoms with Crippen molar-refractivity contribution >= 4 is 32.0 Å². The van der Waals surface area contributed by atoms with Crippen molar-refractivity contribution in [2.45, 2.75) is 0 Å². The maximum absolute atomic E-state index is 3.88. The monoisotopic (exact) mass is 236 g/mol. The van der Waals surface area contributed by atoms with Crippen LogP contribution in [-0.2, 0) is 0 Å². The van der Waals surface area contributed by atoms with Gasteiger partial charge in [0.1, 0.15) is 0 Å². The molecule has 0 bridgehead atoms. The van der Waals surface area contributed by atoms with Gasteiger partial charge in [0.25, 0.3) is 0 Å². The van der Waals surface area contributed by atoms with Crippen LogP contribution < -0.4 is 10.4 Å². The first-order valence-corrected chi connectivity index (χ1v) is 7.17. The predicted octanol–water partition coefficient (Wildman–Crippen LogP) is 2.09. The lowest BCUT2D eigenvalue weighted by Gasteiger charge is -2.08. The minimum Gasteiger partial charge on any atom is -0.0985 e. The molecule has 0 unspecified atom stereocenters. The SMILES string of the molecule is C=Cc1ccccc1[SiH2]c1ccccc1C=C. The molecule has 0 nitrogen and oxygen atoms in total. The molecule has 0 aromatic heterocycles. The zero-order valence-electron chi connectivity index (χ0n) is 9.89. The highest BCUT2D eigenvalue weighted by Crippen LogP contribution is 2.00. The van der Waals surface area contributed by atoms with Gasteiger partial charge in [-0.1, -0.05) is 84.2 Å². The molecule has 0 spiro atoms. The second-order valence-electron chi connectivity index (χ2n) is 3.98. The Morgan fingerprint density at radius 3 is 1.53 bits per heavy atom. The Morgan fingerprint density at radius 2 is 1.12 bits per heavy atom. The average molecular weight is 236 g/mol. The zero-order chi connectivity index (χ0) is 12.1. The molecule has 0 radical (unpaired) electrons. The van der Waals surface area contributed by atoms with Gasteiger partial charge < -0.3 is 0 Å². The van der Waals surface area contributed by atoms with Gasteiger partial charge in [0.15, 0.2) is 0 Å². The van der Waals surface area contributed by atoms with Gasteiger partial charge in [-0.15, -0.1) is 0 Å². The van der Waals surface area contributed by atoms with E-state index >= 15 is 0 Å².